The molecule has 0 amide bonds. The lowest BCUT2D eigenvalue weighted by atomic mass is 10.1. The third-order valence-corrected chi connectivity index (χ3v) is 5.38. The van der Waals surface area contributed by atoms with Gasteiger partial charge < -0.3 is 14.8 Å². The molecule has 0 saturated heterocycles. The molecule has 0 aliphatic carbocycles. The van der Waals surface area contributed by atoms with Crippen LogP contribution >= 0.6 is 11.3 Å². The molecule has 2 aromatic heterocycles. The second-order valence-corrected chi connectivity index (χ2v) is 7.81. The van der Waals surface area contributed by atoms with Crippen LogP contribution in [0.5, 0.6) is 0 Å². The van der Waals surface area contributed by atoms with Crippen LogP contribution in [-0.2, 0) is 26.1 Å². The van der Waals surface area contributed by atoms with Crippen molar-refractivity contribution in [1.29, 1.82) is 0 Å². The second kappa shape index (κ2) is 10.0. The molecular formula is C21H28N6S. The van der Waals surface area contributed by atoms with E-state index >= 15 is 0 Å². The van der Waals surface area contributed by atoms with Crippen molar-refractivity contribution in [2.75, 3.05) is 13.6 Å². The summed E-state index contributed by atoms with van der Waals surface area (Å²) in [7, 11) is 2.08. The molecule has 28 heavy (non-hydrogen) atoms. The van der Waals surface area contributed by atoms with Crippen LogP contribution in [-0.4, -0.2) is 39.2 Å². The fourth-order valence-corrected chi connectivity index (χ4v) is 3.56. The first kappa shape index (κ1) is 20.1. The second-order valence-electron chi connectivity index (χ2n) is 6.78. The minimum Gasteiger partial charge on any atom is -0.354 e. The van der Waals surface area contributed by atoms with Crippen molar-refractivity contribution in [1.82, 2.24) is 25.0 Å². The Kier molecular flexibility index (Phi) is 7.19. The minimum atomic E-state index is 0.686. The predicted octanol–water partition coefficient (Wildman–Crippen LogP) is 3.49. The van der Waals surface area contributed by atoms with Crippen molar-refractivity contribution in [2.45, 2.75) is 39.9 Å². The summed E-state index contributed by atoms with van der Waals surface area (Å²) in [5, 5.41) is 13.7. The molecule has 0 unspecified atom stereocenters. The highest BCUT2D eigenvalue weighted by Gasteiger charge is 2.09. The number of aromatic nitrogens is 3. The minimum absolute atomic E-state index is 0.686. The van der Waals surface area contributed by atoms with Crippen LogP contribution in [0.2, 0.25) is 0 Å². The van der Waals surface area contributed by atoms with Crippen molar-refractivity contribution in [3.8, 4) is 0 Å². The number of guanidine groups is 1. The van der Waals surface area contributed by atoms with Crippen molar-refractivity contribution in [3.63, 3.8) is 0 Å². The van der Waals surface area contributed by atoms with E-state index in [9.17, 15) is 0 Å². The molecule has 6 nitrogen and oxygen atoms in total. The monoisotopic (exact) mass is 396 g/mol. The van der Waals surface area contributed by atoms with E-state index in [0.717, 1.165) is 37.8 Å². The maximum Gasteiger partial charge on any atom is 0.194 e. The Balaban J connectivity index is 1.65. The van der Waals surface area contributed by atoms with Gasteiger partial charge in [0.25, 0.3) is 0 Å². The van der Waals surface area contributed by atoms with Gasteiger partial charge in [0.2, 0.25) is 0 Å². The SMILES string of the molecule is CCc1nncn1CCNC(=NCc1cccs1)N(C)Cc1ccc(C)cc1. The van der Waals surface area contributed by atoms with Gasteiger partial charge in [-0.25, -0.2) is 4.99 Å². The fourth-order valence-electron chi connectivity index (χ4n) is 2.94. The predicted molar refractivity (Wildman–Crippen MR) is 116 cm³/mol. The van der Waals surface area contributed by atoms with Crippen LogP contribution in [0.25, 0.3) is 0 Å². The van der Waals surface area contributed by atoms with E-state index in [-0.39, 0.29) is 0 Å². The summed E-state index contributed by atoms with van der Waals surface area (Å²) >= 11 is 1.73. The van der Waals surface area contributed by atoms with Crippen molar-refractivity contribution >= 4 is 17.3 Å². The normalized spacial score (nSPS) is 11.6. The summed E-state index contributed by atoms with van der Waals surface area (Å²) in [6, 6.07) is 12.8. The summed E-state index contributed by atoms with van der Waals surface area (Å²) < 4.78 is 2.09. The zero-order valence-corrected chi connectivity index (χ0v) is 17.6. The lowest BCUT2D eigenvalue weighted by molar-refractivity contribution is 0.470. The number of thiophene rings is 1. The number of hydrogen-bond donors (Lipinski definition) is 1. The van der Waals surface area contributed by atoms with E-state index < -0.39 is 0 Å². The number of benzene rings is 1. The van der Waals surface area contributed by atoms with Gasteiger partial charge in [0.15, 0.2) is 5.96 Å². The summed E-state index contributed by atoms with van der Waals surface area (Å²) in [6.07, 6.45) is 2.67. The standard InChI is InChI=1S/C21H28N6S/c1-4-20-25-24-16-27(20)12-11-22-21(23-14-19-6-5-13-28-19)26(3)15-18-9-7-17(2)8-10-18/h5-10,13,16H,4,11-12,14-15H2,1-3H3,(H,22,23). The molecule has 0 aliphatic rings. The van der Waals surface area contributed by atoms with Gasteiger partial charge in [-0.3, -0.25) is 0 Å². The number of nitrogens with zero attached hydrogens (tertiary/aromatic N) is 5. The van der Waals surface area contributed by atoms with Crippen molar-refractivity contribution < 1.29 is 0 Å². The number of hydrogen-bond acceptors (Lipinski definition) is 4. The topological polar surface area (TPSA) is 58.3 Å². The molecule has 0 atom stereocenters. The van der Waals surface area contributed by atoms with Gasteiger partial charge in [0.05, 0.1) is 6.54 Å². The lowest BCUT2D eigenvalue weighted by Crippen LogP contribution is -2.40. The molecule has 0 spiro atoms. The molecule has 3 rings (SSSR count). The molecule has 3 aromatic rings. The molecule has 0 radical (unpaired) electrons. The highest BCUT2D eigenvalue weighted by molar-refractivity contribution is 7.09. The molecule has 1 aromatic carbocycles. The van der Waals surface area contributed by atoms with E-state index in [0.29, 0.717) is 6.54 Å². The van der Waals surface area contributed by atoms with Crippen molar-refractivity contribution in [3.05, 3.63) is 69.9 Å². The van der Waals surface area contributed by atoms with E-state index in [1.807, 2.05) is 0 Å². The first-order valence-corrected chi connectivity index (χ1v) is 10.5. The van der Waals surface area contributed by atoms with Crippen LogP contribution < -0.4 is 5.32 Å². The van der Waals surface area contributed by atoms with E-state index in [2.05, 4.69) is 87.7 Å². The average Bonchev–Trinajstić information content (AvgIpc) is 3.37. The summed E-state index contributed by atoms with van der Waals surface area (Å²) in [5.41, 5.74) is 2.54. The summed E-state index contributed by atoms with van der Waals surface area (Å²) in [6.45, 7) is 7.28. The third-order valence-electron chi connectivity index (χ3n) is 4.51. The number of aryl methyl sites for hydroxylation is 2. The Labute approximate surface area is 171 Å². The maximum absolute atomic E-state index is 4.84. The van der Waals surface area contributed by atoms with Crippen molar-refractivity contribution in [2.24, 2.45) is 4.99 Å². The smallest absolute Gasteiger partial charge is 0.194 e. The largest absolute Gasteiger partial charge is 0.354 e. The van der Waals surface area contributed by atoms with Gasteiger partial charge in [-0.2, -0.15) is 0 Å². The average molecular weight is 397 g/mol. The van der Waals surface area contributed by atoms with Crippen LogP contribution in [0.1, 0.15) is 28.8 Å². The zero-order valence-electron chi connectivity index (χ0n) is 16.8. The molecule has 0 fully saturated rings. The van der Waals surface area contributed by atoms with Gasteiger partial charge >= 0.3 is 0 Å². The van der Waals surface area contributed by atoms with Crippen LogP contribution in [0.15, 0.2) is 53.1 Å². The lowest BCUT2D eigenvalue weighted by Gasteiger charge is -2.23. The summed E-state index contributed by atoms with van der Waals surface area (Å²) in [4.78, 5) is 8.27. The van der Waals surface area contributed by atoms with E-state index in [1.54, 1.807) is 17.7 Å². The number of aliphatic imine (C=N–C) groups is 1. The molecule has 148 valence electrons. The van der Waals surface area contributed by atoms with E-state index in [1.165, 1.54) is 16.0 Å². The maximum atomic E-state index is 4.84. The Bertz CT molecular complexity index is 867. The van der Waals surface area contributed by atoms with Gasteiger partial charge in [-0.15, -0.1) is 21.5 Å². The molecule has 1 N–H and O–H groups in total. The fraction of sp³-hybridized carbons (Fsp3) is 0.381. The van der Waals surface area contributed by atoms with Gasteiger partial charge in [-0.05, 0) is 23.9 Å². The number of nitrogens with one attached hydrogen (secondary N) is 1. The molecule has 7 heteroatoms. The highest BCUT2D eigenvalue weighted by Crippen LogP contribution is 2.11. The highest BCUT2D eigenvalue weighted by atomic mass is 32.1. The van der Waals surface area contributed by atoms with Crippen LogP contribution in [0, 0.1) is 6.92 Å². The Morgan fingerprint density at radius 1 is 1.25 bits per heavy atom. The van der Waals surface area contributed by atoms with Gasteiger partial charge in [0.1, 0.15) is 12.2 Å². The Morgan fingerprint density at radius 3 is 2.79 bits per heavy atom. The molecule has 0 bridgehead atoms. The van der Waals surface area contributed by atoms with Gasteiger partial charge in [-0.1, -0.05) is 42.8 Å². The van der Waals surface area contributed by atoms with Crippen LogP contribution in [0.3, 0.4) is 0 Å². The first-order chi connectivity index (χ1) is 13.7. The molecule has 0 saturated carbocycles. The third kappa shape index (κ3) is 5.66. The molecular weight excluding hydrogens is 368 g/mol. The molecule has 0 aliphatic heterocycles. The molecule has 2 heterocycles. The van der Waals surface area contributed by atoms with E-state index in [4.69, 9.17) is 4.99 Å². The zero-order chi connectivity index (χ0) is 19.8. The Hall–Kier alpha value is -2.67. The summed E-state index contributed by atoms with van der Waals surface area (Å²) in [5.74, 6) is 1.91. The van der Waals surface area contributed by atoms with Gasteiger partial charge in [0, 0.05) is 38.0 Å². The number of rotatable bonds is 8. The quantitative estimate of drug-likeness (QED) is 0.468. The first-order valence-electron chi connectivity index (χ1n) is 9.59. The van der Waals surface area contributed by atoms with Crippen LogP contribution in [0.4, 0.5) is 0 Å². The Morgan fingerprint density at radius 2 is 2.07 bits per heavy atom.